The molecule has 10 heteroatoms. The van der Waals surface area contributed by atoms with Crippen molar-refractivity contribution in [2.75, 3.05) is 23.7 Å². The number of rotatable bonds is 8. The fourth-order valence-electron chi connectivity index (χ4n) is 3.06. The van der Waals surface area contributed by atoms with E-state index >= 15 is 0 Å². The van der Waals surface area contributed by atoms with Gasteiger partial charge < -0.3 is 15.5 Å². The van der Waals surface area contributed by atoms with Gasteiger partial charge in [-0.1, -0.05) is 29.3 Å². The van der Waals surface area contributed by atoms with Crippen LogP contribution in [-0.4, -0.2) is 40.7 Å². The minimum absolute atomic E-state index is 0.0606. The lowest BCUT2D eigenvalue weighted by molar-refractivity contribution is -0.133. The number of benzene rings is 2. The van der Waals surface area contributed by atoms with Crippen molar-refractivity contribution in [2.45, 2.75) is 20.3 Å². The zero-order chi connectivity index (χ0) is 24.0. The summed E-state index contributed by atoms with van der Waals surface area (Å²) in [6.45, 7) is 3.52. The number of likely N-dealkylation sites (N-methyl/N-ethyl adjacent to an activating group) is 1. The summed E-state index contributed by atoms with van der Waals surface area (Å²) in [6, 6.07) is 12.0. The first-order valence-electron chi connectivity index (χ1n) is 10.1. The quantitative estimate of drug-likeness (QED) is 0.446. The lowest BCUT2D eigenvalue weighted by atomic mass is 10.2. The number of halogens is 2. The van der Waals surface area contributed by atoms with Gasteiger partial charge in [0.25, 0.3) is 0 Å². The Hall–Kier alpha value is -2.94. The van der Waals surface area contributed by atoms with Gasteiger partial charge in [-0.05, 0) is 43.3 Å². The van der Waals surface area contributed by atoms with Crippen molar-refractivity contribution in [3.63, 3.8) is 0 Å². The average molecular weight is 505 g/mol. The van der Waals surface area contributed by atoms with E-state index in [9.17, 15) is 14.4 Å². The fraction of sp³-hybridized carbons (Fsp3) is 0.217. The van der Waals surface area contributed by atoms with E-state index in [2.05, 4.69) is 15.6 Å². The van der Waals surface area contributed by atoms with E-state index in [4.69, 9.17) is 23.2 Å². The molecule has 0 saturated carbocycles. The van der Waals surface area contributed by atoms with Crippen LogP contribution in [0.3, 0.4) is 0 Å². The van der Waals surface area contributed by atoms with E-state index in [1.807, 2.05) is 6.92 Å². The molecule has 3 rings (SSSR count). The Bertz CT molecular complexity index is 1140. The molecular weight excluding hydrogens is 483 g/mol. The van der Waals surface area contributed by atoms with Crippen LogP contribution in [0.1, 0.15) is 19.5 Å². The second kappa shape index (κ2) is 11.3. The molecule has 0 spiro atoms. The van der Waals surface area contributed by atoms with E-state index < -0.39 is 0 Å². The van der Waals surface area contributed by atoms with E-state index in [1.54, 1.807) is 47.8 Å². The number of hydrogen-bond donors (Lipinski definition) is 2. The SMILES string of the molecule is CCN(CC(=O)Nc1ccc(NC(C)=O)cc1)C(=O)Cc1csc(-c2c(Cl)cccc2Cl)n1. The van der Waals surface area contributed by atoms with Gasteiger partial charge in [0.15, 0.2) is 0 Å². The zero-order valence-corrected chi connectivity index (χ0v) is 20.4. The predicted octanol–water partition coefficient (Wildman–Crippen LogP) is 5.11. The van der Waals surface area contributed by atoms with Gasteiger partial charge in [0, 0.05) is 35.8 Å². The maximum atomic E-state index is 12.8. The predicted molar refractivity (Wildman–Crippen MR) is 133 cm³/mol. The van der Waals surface area contributed by atoms with Crippen LogP contribution in [0.15, 0.2) is 47.8 Å². The smallest absolute Gasteiger partial charge is 0.243 e. The normalized spacial score (nSPS) is 10.5. The number of amides is 3. The Kier molecular flexibility index (Phi) is 8.43. The van der Waals surface area contributed by atoms with Gasteiger partial charge in [0.2, 0.25) is 17.7 Å². The molecule has 0 aliphatic rings. The van der Waals surface area contributed by atoms with Crippen LogP contribution in [-0.2, 0) is 20.8 Å². The monoisotopic (exact) mass is 504 g/mol. The number of thiazole rings is 1. The van der Waals surface area contributed by atoms with Gasteiger partial charge in [-0.2, -0.15) is 0 Å². The van der Waals surface area contributed by atoms with Crippen LogP contribution in [0.4, 0.5) is 11.4 Å². The van der Waals surface area contributed by atoms with E-state index in [0.29, 0.717) is 44.2 Å². The van der Waals surface area contributed by atoms with Crippen LogP contribution in [0.5, 0.6) is 0 Å². The summed E-state index contributed by atoms with van der Waals surface area (Å²) in [4.78, 5) is 42.3. The van der Waals surface area contributed by atoms with Crippen LogP contribution >= 0.6 is 34.5 Å². The van der Waals surface area contributed by atoms with Crippen molar-refractivity contribution in [3.8, 4) is 10.6 Å². The van der Waals surface area contributed by atoms with Crippen molar-refractivity contribution >= 4 is 63.6 Å². The van der Waals surface area contributed by atoms with Crippen molar-refractivity contribution in [2.24, 2.45) is 0 Å². The number of anilines is 2. The van der Waals surface area contributed by atoms with Crippen molar-refractivity contribution < 1.29 is 14.4 Å². The number of nitrogens with zero attached hydrogens (tertiary/aromatic N) is 2. The summed E-state index contributed by atoms with van der Waals surface area (Å²) in [6.07, 6.45) is 0.0606. The molecule has 7 nitrogen and oxygen atoms in total. The Morgan fingerprint density at radius 1 is 1.00 bits per heavy atom. The highest BCUT2D eigenvalue weighted by Crippen LogP contribution is 2.36. The lowest BCUT2D eigenvalue weighted by Gasteiger charge is -2.20. The van der Waals surface area contributed by atoms with E-state index in [1.165, 1.54) is 23.2 Å². The van der Waals surface area contributed by atoms with E-state index in [0.717, 1.165) is 0 Å². The molecular formula is C23H22Cl2N4O3S. The molecule has 3 amide bonds. The van der Waals surface area contributed by atoms with Crippen LogP contribution < -0.4 is 10.6 Å². The molecule has 3 aromatic rings. The highest BCUT2D eigenvalue weighted by molar-refractivity contribution is 7.13. The average Bonchev–Trinajstić information content (AvgIpc) is 3.20. The molecule has 2 aromatic carbocycles. The summed E-state index contributed by atoms with van der Waals surface area (Å²) >= 11 is 13.9. The van der Waals surface area contributed by atoms with Crippen LogP contribution in [0, 0.1) is 0 Å². The number of carbonyl (C=O) groups is 3. The van der Waals surface area contributed by atoms with Gasteiger partial charge in [0.05, 0.1) is 28.7 Å². The molecule has 0 fully saturated rings. The third-order valence-corrected chi connectivity index (χ3v) is 6.16. The van der Waals surface area contributed by atoms with Gasteiger partial charge in [-0.15, -0.1) is 11.3 Å². The maximum absolute atomic E-state index is 12.8. The molecule has 0 aliphatic heterocycles. The zero-order valence-electron chi connectivity index (χ0n) is 18.0. The molecule has 0 unspecified atom stereocenters. The number of nitrogens with one attached hydrogen (secondary N) is 2. The molecule has 2 N–H and O–H groups in total. The summed E-state index contributed by atoms with van der Waals surface area (Å²) in [5.41, 5.74) is 2.43. The first-order chi connectivity index (χ1) is 15.8. The Labute approximate surface area is 205 Å². The second-order valence-corrected chi connectivity index (χ2v) is 8.80. The van der Waals surface area contributed by atoms with Gasteiger partial charge >= 0.3 is 0 Å². The molecule has 0 saturated heterocycles. The largest absolute Gasteiger partial charge is 0.333 e. The first-order valence-corrected chi connectivity index (χ1v) is 11.7. The summed E-state index contributed by atoms with van der Waals surface area (Å²) in [7, 11) is 0. The third kappa shape index (κ3) is 6.77. The molecule has 0 bridgehead atoms. The van der Waals surface area contributed by atoms with Gasteiger partial charge in [-0.3, -0.25) is 14.4 Å². The highest BCUT2D eigenvalue weighted by Gasteiger charge is 2.19. The first kappa shape index (κ1) is 24.7. The molecule has 1 heterocycles. The maximum Gasteiger partial charge on any atom is 0.243 e. The van der Waals surface area contributed by atoms with Crippen molar-refractivity contribution in [1.82, 2.24) is 9.88 Å². The van der Waals surface area contributed by atoms with Gasteiger partial charge in [-0.25, -0.2) is 4.98 Å². The summed E-state index contributed by atoms with van der Waals surface area (Å²) < 4.78 is 0. The summed E-state index contributed by atoms with van der Waals surface area (Å²) in [5.74, 6) is -0.707. The molecule has 33 heavy (non-hydrogen) atoms. The van der Waals surface area contributed by atoms with Crippen LogP contribution in [0.25, 0.3) is 10.6 Å². The topological polar surface area (TPSA) is 91.4 Å². The number of carbonyl (C=O) groups excluding carboxylic acids is 3. The molecule has 0 radical (unpaired) electrons. The van der Waals surface area contributed by atoms with Crippen molar-refractivity contribution in [1.29, 1.82) is 0 Å². The minimum atomic E-state index is -0.320. The van der Waals surface area contributed by atoms with Gasteiger partial charge in [0.1, 0.15) is 5.01 Å². The fourth-order valence-corrected chi connectivity index (χ4v) is 4.64. The summed E-state index contributed by atoms with van der Waals surface area (Å²) in [5, 5.41) is 8.82. The number of hydrogen-bond acceptors (Lipinski definition) is 5. The second-order valence-electron chi connectivity index (χ2n) is 7.13. The standard InChI is InChI=1S/C23H22Cl2N4O3S/c1-3-29(12-20(31)27-16-9-7-15(8-10-16)26-14(2)30)21(32)11-17-13-33-23(28-17)22-18(24)5-4-6-19(22)25/h4-10,13H,3,11-12H2,1-2H3,(H,26,30)(H,27,31). The van der Waals surface area contributed by atoms with Crippen molar-refractivity contribution in [3.05, 3.63) is 63.6 Å². The van der Waals surface area contributed by atoms with E-state index in [-0.39, 0.29) is 30.7 Å². The highest BCUT2D eigenvalue weighted by atomic mass is 35.5. The molecule has 0 atom stereocenters. The minimum Gasteiger partial charge on any atom is -0.333 e. The number of aromatic nitrogens is 1. The lowest BCUT2D eigenvalue weighted by Crippen LogP contribution is -2.38. The Morgan fingerprint density at radius 3 is 2.18 bits per heavy atom. The molecule has 172 valence electrons. The molecule has 0 aliphatic carbocycles. The Balaban J connectivity index is 1.59. The van der Waals surface area contributed by atoms with Crippen LogP contribution in [0.2, 0.25) is 10.0 Å². The third-order valence-electron chi connectivity index (χ3n) is 4.62. The molecule has 1 aromatic heterocycles. The Morgan fingerprint density at radius 2 is 1.61 bits per heavy atom.